The van der Waals surface area contributed by atoms with Gasteiger partial charge >= 0.3 is 12.3 Å². The van der Waals surface area contributed by atoms with Crippen LogP contribution in [0.5, 0.6) is 11.6 Å². The van der Waals surface area contributed by atoms with Crippen LogP contribution in [0.2, 0.25) is 0 Å². The number of carbonyl (C=O) groups excluding carboxylic acids is 1. The zero-order chi connectivity index (χ0) is 21.9. The molecule has 3 heterocycles. The van der Waals surface area contributed by atoms with Gasteiger partial charge in [0.25, 0.3) is 0 Å². The number of hydrogen-bond donors (Lipinski definition) is 0. The van der Waals surface area contributed by atoms with E-state index in [0.717, 1.165) is 17.8 Å². The van der Waals surface area contributed by atoms with E-state index in [-0.39, 0.29) is 17.7 Å². The minimum atomic E-state index is -4.51. The summed E-state index contributed by atoms with van der Waals surface area (Å²) >= 11 is 0. The van der Waals surface area contributed by atoms with Crippen LogP contribution in [0.25, 0.3) is 5.57 Å². The Hall–Kier alpha value is -3.10. The number of carbonyl (C=O) groups is 1. The molecule has 9 heteroatoms. The normalized spacial score (nSPS) is 14.9. The van der Waals surface area contributed by atoms with Crippen LogP contribution in [-0.2, 0) is 10.9 Å². The van der Waals surface area contributed by atoms with E-state index in [1.807, 2.05) is 32.9 Å². The molecule has 1 amide bonds. The van der Waals surface area contributed by atoms with Crippen molar-refractivity contribution in [3.63, 3.8) is 0 Å². The molecular formula is C21H22F3N3O3. The summed E-state index contributed by atoms with van der Waals surface area (Å²) in [7, 11) is 0. The maximum absolute atomic E-state index is 12.7. The summed E-state index contributed by atoms with van der Waals surface area (Å²) in [5, 5.41) is 0. The smallest absolute Gasteiger partial charge is 0.433 e. The Morgan fingerprint density at radius 1 is 1.13 bits per heavy atom. The van der Waals surface area contributed by atoms with E-state index in [2.05, 4.69) is 9.97 Å². The molecule has 1 aliphatic rings. The zero-order valence-electron chi connectivity index (χ0n) is 16.9. The predicted molar refractivity (Wildman–Crippen MR) is 104 cm³/mol. The molecule has 30 heavy (non-hydrogen) atoms. The van der Waals surface area contributed by atoms with E-state index in [4.69, 9.17) is 9.47 Å². The molecule has 0 bridgehead atoms. The lowest BCUT2D eigenvalue weighted by molar-refractivity contribution is -0.141. The van der Waals surface area contributed by atoms with Gasteiger partial charge in [-0.2, -0.15) is 13.2 Å². The Bertz CT molecular complexity index is 935. The maximum Gasteiger partial charge on any atom is 0.433 e. The first-order valence-corrected chi connectivity index (χ1v) is 9.36. The van der Waals surface area contributed by atoms with Crippen LogP contribution in [0, 0.1) is 0 Å². The second kappa shape index (κ2) is 8.33. The fraction of sp³-hybridized carbons (Fsp3) is 0.381. The average molecular weight is 421 g/mol. The molecule has 0 saturated carbocycles. The van der Waals surface area contributed by atoms with E-state index in [0.29, 0.717) is 25.1 Å². The fourth-order valence-corrected chi connectivity index (χ4v) is 2.84. The number of nitrogens with zero attached hydrogens (tertiary/aromatic N) is 3. The van der Waals surface area contributed by atoms with Gasteiger partial charge in [-0.25, -0.2) is 14.8 Å². The van der Waals surface area contributed by atoms with Crippen molar-refractivity contribution >= 4 is 11.7 Å². The Morgan fingerprint density at radius 3 is 2.47 bits per heavy atom. The van der Waals surface area contributed by atoms with Gasteiger partial charge in [-0.05, 0) is 57.0 Å². The third-order valence-corrected chi connectivity index (χ3v) is 4.22. The minimum absolute atomic E-state index is 0.148. The van der Waals surface area contributed by atoms with Crippen LogP contribution >= 0.6 is 0 Å². The Morgan fingerprint density at radius 2 is 1.90 bits per heavy atom. The van der Waals surface area contributed by atoms with Crippen LogP contribution in [-0.4, -0.2) is 39.7 Å². The molecule has 0 fully saturated rings. The lowest BCUT2D eigenvalue weighted by Crippen LogP contribution is -2.39. The van der Waals surface area contributed by atoms with Crippen LogP contribution < -0.4 is 4.74 Å². The van der Waals surface area contributed by atoms with Gasteiger partial charge in [0, 0.05) is 24.8 Å². The number of ether oxygens (including phenoxy) is 2. The van der Waals surface area contributed by atoms with Gasteiger partial charge in [0.15, 0.2) is 0 Å². The number of amides is 1. The number of hydrogen-bond acceptors (Lipinski definition) is 5. The first kappa shape index (κ1) is 21.6. The molecule has 0 radical (unpaired) electrons. The maximum atomic E-state index is 12.7. The summed E-state index contributed by atoms with van der Waals surface area (Å²) in [5.74, 6) is 0.408. The van der Waals surface area contributed by atoms with Gasteiger partial charge in [0.05, 0.1) is 6.20 Å². The molecular weight excluding hydrogens is 399 g/mol. The molecule has 0 saturated heterocycles. The van der Waals surface area contributed by atoms with E-state index >= 15 is 0 Å². The molecule has 6 nitrogen and oxygen atoms in total. The largest absolute Gasteiger partial charge is 0.444 e. The predicted octanol–water partition coefficient (Wildman–Crippen LogP) is 5.31. The molecule has 0 spiro atoms. The highest BCUT2D eigenvalue weighted by atomic mass is 19.4. The zero-order valence-corrected chi connectivity index (χ0v) is 16.9. The molecule has 0 unspecified atom stereocenters. The van der Waals surface area contributed by atoms with Gasteiger partial charge in [-0.1, -0.05) is 6.08 Å². The fourth-order valence-electron chi connectivity index (χ4n) is 2.84. The first-order chi connectivity index (χ1) is 14.0. The Kier molecular flexibility index (Phi) is 6.00. The van der Waals surface area contributed by atoms with Crippen molar-refractivity contribution in [3.8, 4) is 11.6 Å². The average Bonchev–Trinajstić information content (AvgIpc) is 2.67. The summed E-state index contributed by atoms with van der Waals surface area (Å²) in [4.78, 5) is 21.4. The third kappa shape index (κ3) is 5.49. The molecule has 2 aromatic rings. The molecule has 3 rings (SSSR count). The van der Waals surface area contributed by atoms with Crippen LogP contribution in [0.1, 0.15) is 38.4 Å². The van der Waals surface area contributed by atoms with Crippen molar-refractivity contribution in [3.05, 3.63) is 54.0 Å². The van der Waals surface area contributed by atoms with Crippen molar-refractivity contribution in [2.24, 2.45) is 0 Å². The summed E-state index contributed by atoms with van der Waals surface area (Å²) in [5.41, 5.74) is 0.0774. The van der Waals surface area contributed by atoms with Crippen molar-refractivity contribution in [1.82, 2.24) is 14.9 Å². The summed E-state index contributed by atoms with van der Waals surface area (Å²) in [6, 6.07) is 5.62. The quantitative estimate of drug-likeness (QED) is 0.672. The topological polar surface area (TPSA) is 64.5 Å². The minimum Gasteiger partial charge on any atom is -0.444 e. The second-order valence-electron chi connectivity index (χ2n) is 7.74. The summed E-state index contributed by atoms with van der Waals surface area (Å²) in [6.45, 7) is 6.28. The highest BCUT2D eigenvalue weighted by molar-refractivity contribution is 5.74. The number of rotatable bonds is 3. The highest BCUT2D eigenvalue weighted by Crippen LogP contribution is 2.33. The summed E-state index contributed by atoms with van der Waals surface area (Å²) in [6.07, 6.45) is 0.112. The van der Waals surface area contributed by atoms with E-state index in [9.17, 15) is 18.0 Å². The first-order valence-electron chi connectivity index (χ1n) is 9.36. The Labute approximate surface area is 172 Å². The standard InChI is InChI=1S/C21H22F3N3O3/c1-20(2,3)30-19(28)27-11-8-14(9-12-27)16-5-4-10-25-18(16)29-15-6-7-17(26-13-15)21(22,23)24/h4-8,10,13H,9,11-12H2,1-3H3. The highest BCUT2D eigenvalue weighted by Gasteiger charge is 2.32. The van der Waals surface area contributed by atoms with Gasteiger partial charge < -0.3 is 14.4 Å². The van der Waals surface area contributed by atoms with E-state index in [1.54, 1.807) is 11.0 Å². The molecule has 0 N–H and O–H groups in total. The third-order valence-electron chi connectivity index (χ3n) is 4.22. The van der Waals surface area contributed by atoms with Crippen molar-refractivity contribution in [2.45, 2.75) is 39.0 Å². The monoisotopic (exact) mass is 421 g/mol. The molecule has 0 aliphatic carbocycles. The number of alkyl halides is 3. The van der Waals surface area contributed by atoms with Crippen molar-refractivity contribution < 1.29 is 27.4 Å². The second-order valence-corrected chi connectivity index (χ2v) is 7.74. The van der Waals surface area contributed by atoms with E-state index in [1.165, 1.54) is 12.3 Å². The van der Waals surface area contributed by atoms with Crippen LogP contribution in [0.3, 0.4) is 0 Å². The van der Waals surface area contributed by atoms with Gasteiger partial charge in [0.1, 0.15) is 17.0 Å². The lowest BCUT2D eigenvalue weighted by Gasteiger charge is -2.29. The Balaban J connectivity index is 1.74. The van der Waals surface area contributed by atoms with Crippen molar-refractivity contribution in [1.29, 1.82) is 0 Å². The SMILES string of the molecule is CC(C)(C)OC(=O)N1CC=C(c2cccnc2Oc2ccc(C(F)(F)F)nc2)CC1. The lowest BCUT2D eigenvalue weighted by atomic mass is 10.0. The molecule has 160 valence electrons. The number of pyridine rings is 2. The summed E-state index contributed by atoms with van der Waals surface area (Å²) < 4.78 is 49.1. The molecule has 0 aromatic carbocycles. The van der Waals surface area contributed by atoms with Crippen LogP contribution in [0.4, 0.5) is 18.0 Å². The van der Waals surface area contributed by atoms with Gasteiger partial charge in [0.2, 0.25) is 5.88 Å². The van der Waals surface area contributed by atoms with Gasteiger partial charge in [-0.15, -0.1) is 0 Å². The van der Waals surface area contributed by atoms with Crippen LogP contribution in [0.15, 0.2) is 42.7 Å². The molecule has 2 aromatic heterocycles. The number of halogens is 3. The van der Waals surface area contributed by atoms with E-state index < -0.39 is 17.5 Å². The number of aromatic nitrogens is 2. The molecule has 0 atom stereocenters. The van der Waals surface area contributed by atoms with Crippen molar-refractivity contribution in [2.75, 3.05) is 13.1 Å². The van der Waals surface area contributed by atoms with Gasteiger partial charge in [-0.3, -0.25) is 0 Å². The molecule has 1 aliphatic heterocycles.